The molecule has 2 N–H and O–H groups in total. The Hall–Kier alpha value is -1.75. The first-order chi connectivity index (χ1) is 8.27. The molecule has 1 heterocycles. The average Bonchev–Trinajstić information content (AvgIpc) is 2.72. The summed E-state index contributed by atoms with van der Waals surface area (Å²) in [5, 5.41) is 11.8. The highest BCUT2D eigenvalue weighted by Gasteiger charge is 2.32. The molecule has 2 rings (SSSR count). The van der Waals surface area contributed by atoms with Gasteiger partial charge < -0.3 is 20.1 Å². The van der Waals surface area contributed by atoms with Crippen LogP contribution in [0.5, 0.6) is 5.75 Å². The zero-order valence-electron chi connectivity index (χ0n) is 9.72. The average molecular weight is 236 g/mol. The monoisotopic (exact) mass is 236 g/mol. The van der Waals surface area contributed by atoms with Crippen molar-refractivity contribution in [3.8, 4) is 5.75 Å². The Kier molecular flexibility index (Phi) is 3.49. The van der Waals surface area contributed by atoms with E-state index in [1.165, 1.54) is 0 Å². The molecular formula is C12H16N2O3. The maximum atomic E-state index is 11.6. The molecule has 17 heavy (non-hydrogen) atoms. The minimum absolute atomic E-state index is 0.0426. The summed E-state index contributed by atoms with van der Waals surface area (Å²) >= 11 is 0. The van der Waals surface area contributed by atoms with Crippen molar-refractivity contribution < 1.29 is 14.6 Å². The number of rotatable bonds is 4. The lowest BCUT2D eigenvalue weighted by atomic mass is 10.1. The lowest BCUT2D eigenvalue weighted by molar-refractivity contribution is 0.178. The summed E-state index contributed by atoms with van der Waals surface area (Å²) in [6, 6.07) is 7.39. The second kappa shape index (κ2) is 5.05. The van der Waals surface area contributed by atoms with Gasteiger partial charge >= 0.3 is 6.03 Å². The Bertz CT molecular complexity index is 408. The molecule has 0 radical (unpaired) electrons. The first-order valence-electron chi connectivity index (χ1n) is 5.56. The number of carbonyl (C=O) groups excluding carboxylic acids is 1. The molecule has 0 aliphatic carbocycles. The molecule has 0 bridgehead atoms. The highest BCUT2D eigenvalue weighted by Crippen LogP contribution is 2.31. The fourth-order valence-corrected chi connectivity index (χ4v) is 2.12. The Morgan fingerprint density at radius 3 is 3.00 bits per heavy atom. The van der Waals surface area contributed by atoms with E-state index in [2.05, 4.69) is 5.32 Å². The van der Waals surface area contributed by atoms with Crippen molar-refractivity contribution in [1.82, 2.24) is 10.2 Å². The molecule has 0 aromatic heterocycles. The summed E-state index contributed by atoms with van der Waals surface area (Å²) in [5.41, 5.74) is 0.960. The minimum atomic E-state index is -0.144. The van der Waals surface area contributed by atoms with E-state index in [9.17, 15) is 4.79 Å². The van der Waals surface area contributed by atoms with Crippen molar-refractivity contribution >= 4 is 6.03 Å². The molecule has 5 heteroatoms. The van der Waals surface area contributed by atoms with Crippen LogP contribution in [-0.4, -0.2) is 42.8 Å². The number of aliphatic hydroxyl groups is 1. The molecule has 1 aliphatic heterocycles. The number of hydrogen-bond acceptors (Lipinski definition) is 3. The van der Waals surface area contributed by atoms with Crippen LogP contribution in [-0.2, 0) is 0 Å². The van der Waals surface area contributed by atoms with Crippen molar-refractivity contribution in [2.45, 2.75) is 6.04 Å². The summed E-state index contributed by atoms with van der Waals surface area (Å²) in [6.45, 7) is 0.826. The standard InChI is InChI=1S/C12H16N2O3/c1-17-11-5-3-2-4-9(11)10-8-13-12(16)14(10)6-7-15/h2-5,10,15H,6-8H2,1H3,(H,13,16). The number of β-amino-alcohol motifs (C(OH)–C–C–N with tert-alkyl or cyclic N) is 1. The van der Waals surface area contributed by atoms with Crippen LogP contribution in [0.3, 0.4) is 0 Å². The molecular weight excluding hydrogens is 220 g/mol. The maximum Gasteiger partial charge on any atom is 0.318 e. The van der Waals surface area contributed by atoms with Crippen LogP contribution in [0.1, 0.15) is 11.6 Å². The number of nitrogens with zero attached hydrogens (tertiary/aromatic N) is 1. The van der Waals surface area contributed by atoms with Crippen molar-refractivity contribution in [3.63, 3.8) is 0 Å². The quantitative estimate of drug-likeness (QED) is 0.811. The molecule has 1 aromatic carbocycles. The smallest absolute Gasteiger partial charge is 0.318 e. The van der Waals surface area contributed by atoms with Crippen LogP contribution in [0.4, 0.5) is 4.79 Å². The van der Waals surface area contributed by atoms with Gasteiger partial charge in [-0.15, -0.1) is 0 Å². The molecule has 0 spiro atoms. The number of methoxy groups -OCH3 is 1. The molecule has 1 aromatic rings. The Balaban J connectivity index is 2.29. The van der Waals surface area contributed by atoms with Crippen LogP contribution >= 0.6 is 0 Å². The predicted molar refractivity (Wildman–Crippen MR) is 62.9 cm³/mol. The topological polar surface area (TPSA) is 61.8 Å². The number of ether oxygens (including phenoxy) is 1. The number of nitrogens with one attached hydrogen (secondary N) is 1. The summed E-state index contributed by atoms with van der Waals surface area (Å²) in [5.74, 6) is 0.761. The predicted octanol–water partition coefficient (Wildman–Crippen LogP) is 0.754. The van der Waals surface area contributed by atoms with E-state index in [0.29, 0.717) is 13.1 Å². The largest absolute Gasteiger partial charge is 0.496 e. The zero-order valence-corrected chi connectivity index (χ0v) is 9.72. The third-order valence-electron chi connectivity index (χ3n) is 2.92. The number of urea groups is 1. The van der Waals surface area contributed by atoms with E-state index < -0.39 is 0 Å². The van der Waals surface area contributed by atoms with E-state index in [0.717, 1.165) is 11.3 Å². The van der Waals surface area contributed by atoms with Gasteiger partial charge in [0.25, 0.3) is 0 Å². The normalized spacial score (nSPS) is 19.3. The maximum absolute atomic E-state index is 11.6. The highest BCUT2D eigenvalue weighted by molar-refractivity contribution is 5.77. The number of aliphatic hydroxyl groups excluding tert-OH is 1. The molecule has 2 amide bonds. The van der Waals surface area contributed by atoms with Gasteiger partial charge in [0, 0.05) is 18.7 Å². The number of hydrogen-bond donors (Lipinski definition) is 2. The molecule has 1 fully saturated rings. The Labute approximate surface area is 100.0 Å². The van der Waals surface area contributed by atoms with Gasteiger partial charge in [-0.25, -0.2) is 4.79 Å². The first kappa shape index (κ1) is 11.7. The zero-order chi connectivity index (χ0) is 12.3. The van der Waals surface area contributed by atoms with Crippen LogP contribution in [0.15, 0.2) is 24.3 Å². The lowest BCUT2D eigenvalue weighted by Gasteiger charge is -2.23. The van der Waals surface area contributed by atoms with Crippen LogP contribution in [0.2, 0.25) is 0 Å². The molecule has 92 valence electrons. The fraction of sp³-hybridized carbons (Fsp3) is 0.417. The van der Waals surface area contributed by atoms with Gasteiger partial charge in [0.2, 0.25) is 0 Å². The van der Waals surface area contributed by atoms with Gasteiger partial charge in [-0.1, -0.05) is 18.2 Å². The van der Waals surface area contributed by atoms with Gasteiger partial charge in [-0.3, -0.25) is 0 Å². The van der Waals surface area contributed by atoms with Crippen molar-refractivity contribution in [3.05, 3.63) is 29.8 Å². The second-order valence-electron chi connectivity index (χ2n) is 3.86. The van der Waals surface area contributed by atoms with Gasteiger partial charge in [-0.2, -0.15) is 0 Å². The van der Waals surface area contributed by atoms with Crippen molar-refractivity contribution in [1.29, 1.82) is 0 Å². The third-order valence-corrected chi connectivity index (χ3v) is 2.92. The summed E-state index contributed by atoms with van der Waals surface area (Å²) in [4.78, 5) is 13.2. The molecule has 1 saturated heterocycles. The van der Waals surface area contributed by atoms with Crippen LogP contribution in [0.25, 0.3) is 0 Å². The first-order valence-corrected chi connectivity index (χ1v) is 5.56. The Morgan fingerprint density at radius 1 is 1.53 bits per heavy atom. The summed E-state index contributed by atoms with van der Waals surface area (Å²) in [6.07, 6.45) is 0. The molecule has 1 atom stereocenters. The Morgan fingerprint density at radius 2 is 2.29 bits per heavy atom. The molecule has 1 unspecified atom stereocenters. The molecule has 0 saturated carbocycles. The number of para-hydroxylation sites is 1. The SMILES string of the molecule is COc1ccccc1C1CNC(=O)N1CCO. The van der Waals surface area contributed by atoms with Gasteiger partial charge in [0.1, 0.15) is 5.75 Å². The van der Waals surface area contributed by atoms with Crippen molar-refractivity contribution in [2.75, 3.05) is 26.8 Å². The van der Waals surface area contributed by atoms with Gasteiger partial charge in [0.05, 0.1) is 19.8 Å². The number of carbonyl (C=O) groups is 1. The van der Waals surface area contributed by atoms with E-state index in [1.54, 1.807) is 12.0 Å². The van der Waals surface area contributed by atoms with E-state index in [4.69, 9.17) is 9.84 Å². The van der Waals surface area contributed by atoms with Gasteiger partial charge in [0.15, 0.2) is 0 Å². The fourth-order valence-electron chi connectivity index (χ4n) is 2.12. The van der Waals surface area contributed by atoms with Crippen LogP contribution in [0, 0.1) is 0 Å². The van der Waals surface area contributed by atoms with Gasteiger partial charge in [-0.05, 0) is 6.07 Å². The van der Waals surface area contributed by atoms with E-state index >= 15 is 0 Å². The molecule has 5 nitrogen and oxygen atoms in total. The van der Waals surface area contributed by atoms with E-state index in [-0.39, 0.29) is 18.7 Å². The highest BCUT2D eigenvalue weighted by atomic mass is 16.5. The summed E-state index contributed by atoms with van der Waals surface area (Å²) in [7, 11) is 1.61. The summed E-state index contributed by atoms with van der Waals surface area (Å²) < 4.78 is 5.29. The second-order valence-corrected chi connectivity index (χ2v) is 3.86. The molecule has 1 aliphatic rings. The van der Waals surface area contributed by atoms with Crippen molar-refractivity contribution in [2.24, 2.45) is 0 Å². The number of amides is 2. The third kappa shape index (κ3) is 2.19. The lowest BCUT2D eigenvalue weighted by Crippen LogP contribution is -2.32. The van der Waals surface area contributed by atoms with E-state index in [1.807, 2.05) is 24.3 Å². The minimum Gasteiger partial charge on any atom is -0.496 e. The number of benzene rings is 1. The van der Waals surface area contributed by atoms with Crippen LogP contribution < -0.4 is 10.1 Å².